The lowest BCUT2D eigenvalue weighted by Gasteiger charge is -2.33. The van der Waals surface area contributed by atoms with Crippen LogP contribution in [0.4, 0.5) is 0 Å². The van der Waals surface area contributed by atoms with Crippen molar-refractivity contribution in [2.75, 3.05) is 6.54 Å². The van der Waals surface area contributed by atoms with Gasteiger partial charge in [-0.2, -0.15) is 0 Å². The lowest BCUT2D eigenvalue weighted by Crippen LogP contribution is -2.46. The third-order valence-electron chi connectivity index (χ3n) is 5.78. The summed E-state index contributed by atoms with van der Waals surface area (Å²) in [4.78, 5) is 41.5. The molecule has 2 aromatic heterocycles. The molecule has 7 heteroatoms. The lowest BCUT2D eigenvalue weighted by molar-refractivity contribution is -0.135. The van der Waals surface area contributed by atoms with Crippen LogP contribution in [-0.4, -0.2) is 32.5 Å². The summed E-state index contributed by atoms with van der Waals surface area (Å²) in [6.45, 7) is 6.53. The van der Waals surface area contributed by atoms with E-state index in [1.807, 2.05) is 36.9 Å². The number of carbonyl (C=O) groups excluding carboxylic acids is 1. The molecule has 152 valence electrons. The molecule has 1 saturated heterocycles. The molecule has 0 spiro atoms. The number of fused-ring (bicyclic) bond motifs is 1. The van der Waals surface area contributed by atoms with Crippen molar-refractivity contribution >= 4 is 27.5 Å². The van der Waals surface area contributed by atoms with E-state index in [9.17, 15) is 14.4 Å². The Hall–Kier alpha value is -2.67. The Labute approximate surface area is 173 Å². The van der Waals surface area contributed by atoms with E-state index in [1.54, 1.807) is 11.4 Å². The number of hydrogen-bond acceptors (Lipinski definition) is 4. The zero-order valence-electron chi connectivity index (χ0n) is 17.0. The second-order valence-electron chi connectivity index (χ2n) is 7.87. The Bertz CT molecular complexity index is 1200. The summed E-state index contributed by atoms with van der Waals surface area (Å²) >= 11 is 1.30. The Kier molecular flexibility index (Phi) is 5.17. The van der Waals surface area contributed by atoms with E-state index in [0.717, 1.165) is 36.9 Å². The maximum atomic E-state index is 13.4. The van der Waals surface area contributed by atoms with Gasteiger partial charge >= 0.3 is 5.69 Å². The summed E-state index contributed by atoms with van der Waals surface area (Å²) in [5.41, 5.74) is 2.12. The molecule has 1 atom stereocenters. The van der Waals surface area contributed by atoms with Crippen LogP contribution >= 0.6 is 11.3 Å². The number of hydrogen-bond donors (Lipinski definition) is 0. The first-order valence-corrected chi connectivity index (χ1v) is 10.9. The largest absolute Gasteiger partial charge is 0.338 e. The number of nitrogens with zero attached hydrogens (tertiary/aromatic N) is 3. The molecule has 0 radical (unpaired) electrons. The fourth-order valence-corrected chi connectivity index (χ4v) is 4.93. The molecule has 29 heavy (non-hydrogen) atoms. The molecule has 3 aromatic rings. The smallest absolute Gasteiger partial charge is 0.336 e. The van der Waals surface area contributed by atoms with Crippen molar-refractivity contribution in [2.24, 2.45) is 0 Å². The summed E-state index contributed by atoms with van der Waals surface area (Å²) < 4.78 is 3.16. The number of piperidine rings is 1. The van der Waals surface area contributed by atoms with E-state index in [-0.39, 0.29) is 24.1 Å². The molecule has 0 bridgehead atoms. The van der Waals surface area contributed by atoms with Crippen LogP contribution in [0.3, 0.4) is 0 Å². The summed E-state index contributed by atoms with van der Waals surface area (Å²) in [7, 11) is 0. The Balaban J connectivity index is 1.88. The molecule has 1 aromatic carbocycles. The summed E-state index contributed by atoms with van der Waals surface area (Å²) in [5.74, 6) is -0.0713. The number of aryl methyl sites for hydroxylation is 2. The molecule has 0 saturated carbocycles. The van der Waals surface area contributed by atoms with Crippen LogP contribution in [0.5, 0.6) is 0 Å². The molecule has 3 heterocycles. The summed E-state index contributed by atoms with van der Waals surface area (Å²) in [5, 5.41) is 1.80. The molecule has 0 unspecified atom stereocenters. The van der Waals surface area contributed by atoms with Gasteiger partial charge in [-0.15, -0.1) is 11.3 Å². The van der Waals surface area contributed by atoms with Gasteiger partial charge in [-0.3, -0.25) is 14.2 Å². The molecule has 1 aliphatic heterocycles. The van der Waals surface area contributed by atoms with Gasteiger partial charge in [0.15, 0.2) is 0 Å². The SMILES string of the molecule is Cc1ccc(C)c(-n2c(=O)c3sccc3n(CC(=O)N3CCCC[C@H]3C)c2=O)c1. The number of rotatable bonds is 3. The molecule has 6 nitrogen and oxygen atoms in total. The van der Waals surface area contributed by atoms with Crippen molar-refractivity contribution in [3.8, 4) is 5.69 Å². The Morgan fingerprint density at radius 3 is 2.72 bits per heavy atom. The highest BCUT2D eigenvalue weighted by atomic mass is 32.1. The van der Waals surface area contributed by atoms with Crippen LogP contribution < -0.4 is 11.2 Å². The van der Waals surface area contributed by atoms with Crippen LogP contribution in [-0.2, 0) is 11.3 Å². The number of carbonyl (C=O) groups is 1. The summed E-state index contributed by atoms with van der Waals surface area (Å²) in [6.07, 6.45) is 3.09. The highest BCUT2D eigenvalue weighted by molar-refractivity contribution is 7.17. The monoisotopic (exact) mass is 411 g/mol. The third-order valence-corrected chi connectivity index (χ3v) is 6.67. The number of amides is 1. The fraction of sp³-hybridized carbons (Fsp3) is 0.409. The maximum absolute atomic E-state index is 13.4. The normalized spacial score (nSPS) is 17.1. The molecule has 0 aliphatic carbocycles. The van der Waals surface area contributed by atoms with Gasteiger partial charge in [0.05, 0.1) is 11.2 Å². The van der Waals surface area contributed by atoms with Crippen molar-refractivity contribution in [1.82, 2.24) is 14.0 Å². The van der Waals surface area contributed by atoms with Crippen molar-refractivity contribution in [1.29, 1.82) is 0 Å². The first kappa shape index (κ1) is 19.6. The van der Waals surface area contributed by atoms with Gasteiger partial charge < -0.3 is 4.90 Å². The number of benzene rings is 1. The van der Waals surface area contributed by atoms with Gasteiger partial charge in [-0.05, 0) is 68.7 Å². The Morgan fingerprint density at radius 1 is 1.17 bits per heavy atom. The van der Waals surface area contributed by atoms with E-state index in [4.69, 9.17) is 0 Å². The fourth-order valence-electron chi connectivity index (χ4n) is 4.11. The average molecular weight is 412 g/mol. The zero-order chi connectivity index (χ0) is 20.7. The van der Waals surface area contributed by atoms with E-state index in [2.05, 4.69) is 6.92 Å². The molecule has 1 aliphatic rings. The van der Waals surface area contributed by atoms with Crippen LogP contribution in [0.1, 0.15) is 37.3 Å². The first-order chi connectivity index (χ1) is 13.9. The Morgan fingerprint density at radius 2 is 1.97 bits per heavy atom. The minimum atomic E-state index is -0.465. The van der Waals surface area contributed by atoms with Crippen LogP contribution in [0.15, 0.2) is 39.2 Å². The van der Waals surface area contributed by atoms with Gasteiger partial charge in [0.2, 0.25) is 5.91 Å². The number of likely N-dealkylation sites (tertiary alicyclic amines) is 1. The predicted octanol–water partition coefficient (Wildman–Crippen LogP) is 3.23. The highest BCUT2D eigenvalue weighted by Gasteiger charge is 2.25. The predicted molar refractivity (Wildman–Crippen MR) is 116 cm³/mol. The topological polar surface area (TPSA) is 64.3 Å². The van der Waals surface area contributed by atoms with Crippen LogP contribution in [0.25, 0.3) is 15.9 Å². The molecular formula is C22H25N3O3S. The zero-order valence-corrected chi connectivity index (χ0v) is 17.8. The van der Waals surface area contributed by atoms with Gasteiger partial charge in [0.1, 0.15) is 11.2 Å². The summed E-state index contributed by atoms with van der Waals surface area (Å²) in [6, 6.07) is 7.63. The highest BCUT2D eigenvalue weighted by Crippen LogP contribution is 2.20. The van der Waals surface area contributed by atoms with E-state index < -0.39 is 5.69 Å². The second kappa shape index (κ2) is 7.63. The molecule has 4 rings (SSSR count). The minimum Gasteiger partial charge on any atom is -0.338 e. The number of aromatic nitrogens is 2. The molecule has 1 fully saturated rings. The lowest BCUT2D eigenvalue weighted by atomic mass is 10.0. The molecule has 1 amide bonds. The van der Waals surface area contributed by atoms with Gasteiger partial charge in [-0.1, -0.05) is 12.1 Å². The van der Waals surface area contributed by atoms with Crippen molar-refractivity contribution in [3.05, 3.63) is 61.6 Å². The van der Waals surface area contributed by atoms with Gasteiger partial charge in [0.25, 0.3) is 5.56 Å². The molecule has 0 N–H and O–H groups in total. The van der Waals surface area contributed by atoms with E-state index >= 15 is 0 Å². The second-order valence-corrected chi connectivity index (χ2v) is 8.78. The standard InChI is InChI=1S/C22H25N3O3S/c1-14-7-8-15(2)18(12-14)25-21(27)20-17(9-11-29-20)24(22(25)28)13-19(26)23-10-5-4-6-16(23)3/h7-9,11-12,16H,4-6,10,13H2,1-3H3/t16-/m1/s1. The quantitative estimate of drug-likeness (QED) is 0.665. The van der Waals surface area contributed by atoms with Crippen molar-refractivity contribution in [2.45, 2.75) is 52.6 Å². The van der Waals surface area contributed by atoms with Gasteiger partial charge in [-0.25, -0.2) is 9.36 Å². The minimum absolute atomic E-state index is 0.0540. The van der Waals surface area contributed by atoms with E-state index in [1.165, 1.54) is 20.5 Å². The van der Waals surface area contributed by atoms with Gasteiger partial charge in [0, 0.05) is 12.6 Å². The maximum Gasteiger partial charge on any atom is 0.336 e. The van der Waals surface area contributed by atoms with Crippen LogP contribution in [0.2, 0.25) is 0 Å². The van der Waals surface area contributed by atoms with Crippen molar-refractivity contribution < 1.29 is 4.79 Å². The average Bonchev–Trinajstić information content (AvgIpc) is 3.18. The number of thiophene rings is 1. The third kappa shape index (κ3) is 3.44. The van der Waals surface area contributed by atoms with Crippen molar-refractivity contribution in [3.63, 3.8) is 0 Å². The first-order valence-electron chi connectivity index (χ1n) is 9.98. The van der Waals surface area contributed by atoms with E-state index in [0.29, 0.717) is 15.9 Å². The molecular weight excluding hydrogens is 386 g/mol. The van der Waals surface area contributed by atoms with Crippen LogP contribution in [0, 0.1) is 13.8 Å².